The molecule has 0 saturated carbocycles. The van der Waals surface area contributed by atoms with E-state index in [2.05, 4.69) is 8.92 Å². The van der Waals surface area contributed by atoms with E-state index in [1.54, 1.807) is 13.8 Å². The molecule has 26 heavy (non-hydrogen) atoms. The largest absolute Gasteiger partial charge is 0.534 e. The Morgan fingerprint density at radius 1 is 1.19 bits per heavy atom. The van der Waals surface area contributed by atoms with Crippen molar-refractivity contribution in [1.82, 2.24) is 0 Å². The molecule has 0 aliphatic heterocycles. The summed E-state index contributed by atoms with van der Waals surface area (Å²) >= 11 is 0. The van der Waals surface area contributed by atoms with Crippen LogP contribution in [0, 0.1) is 11.2 Å². The second-order valence-corrected chi connectivity index (χ2v) is 8.04. The van der Waals surface area contributed by atoms with Gasteiger partial charge in [0.1, 0.15) is 11.6 Å². The number of alkyl halides is 3. The minimum Gasteiger partial charge on any atom is -0.465 e. The molecule has 0 unspecified atom stereocenters. The zero-order chi connectivity index (χ0) is 20.3. The second kappa shape index (κ2) is 7.81. The topological polar surface area (TPSA) is 69.7 Å². The highest BCUT2D eigenvalue weighted by Crippen LogP contribution is 2.36. The lowest BCUT2D eigenvalue weighted by molar-refractivity contribution is -0.0500. The second-order valence-electron chi connectivity index (χ2n) is 6.51. The highest BCUT2D eigenvalue weighted by atomic mass is 32.2. The van der Waals surface area contributed by atoms with E-state index in [1.165, 1.54) is 0 Å². The minimum atomic E-state index is -5.98. The van der Waals surface area contributed by atoms with Crippen LogP contribution in [0.15, 0.2) is 12.1 Å². The Morgan fingerprint density at radius 2 is 1.77 bits per heavy atom. The van der Waals surface area contributed by atoms with Crippen LogP contribution in [-0.4, -0.2) is 27.0 Å². The molecule has 0 aliphatic rings. The summed E-state index contributed by atoms with van der Waals surface area (Å²) in [5, 5.41) is 0. The van der Waals surface area contributed by atoms with E-state index in [4.69, 9.17) is 0 Å². The van der Waals surface area contributed by atoms with Crippen molar-refractivity contribution in [2.24, 2.45) is 5.41 Å². The van der Waals surface area contributed by atoms with Gasteiger partial charge in [0.25, 0.3) is 0 Å². The van der Waals surface area contributed by atoms with Gasteiger partial charge in [-0.05, 0) is 29.9 Å². The molecule has 5 nitrogen and oxygen atoms in total. The van der Waals surface area contributed by atoms with E-state index in [0.717, 1.165) is 19.6 Å². The van der Waals surface area contributed by atoms with Crippen LogP contribution in [0.4, 0.5) is 17.6 Å². The van der Waals surface area contributed by atoms with Crippen LogP contribution in [-0.2, 0) is 21.3 Å². The number of hydrogen-bond donors (Lipinski definition) is 0. The lowest BCUT2D eigenvalue weighted by atomic mass is 9.81. The summed E-state index contributed by atoms with van der Waals surface area (Å²) in [5.74, 6) is -3.10. The van der Waals surface area contributed by atoms with Crippen LogP contribution in [0.5, 0.6) is 5.75 Å². The lowest BCUT2D eigenvalue weighted by Crippen LogP contribution is -2.29. The zero-order valence-corrected chi connectivity index (χ0v) is 15.6. The van der Waals surface area contributed by atoms with Gasteiger partial charge in [-0.25, -0.2) is 9.18 Å². The summed E-state index contributed by atoms with van der Waals surface area (Å²) in [4.78, 5) is 11.6. The predicted octanol–water partition coefficient (Wildman–Crippen LogP) is 4.21. The van der Waals surface area contributed by atoms with Crippen molar-refractivity contribution in [1.29, 1.82) is 0 Å². The quantitative estimate of drug-likeness (QED) is 0.297. The fraction of sp³-hybridized carbons (Fsp3) is 0.562. The maximum atomic E-state index is 14.1. The first-order valence-corrected chi connectivity index (χ1v) is 9.06. The molecule has 10 heteroatoms. The van der Waals surface area contributed by atoms with Crippen LogP contribution in [0.3, 0.4) is 0 Å². The lowest BCUT2D eigenvalue weighted by Gasteiger charge is -2.25. The van der Waals surface area contributed by atoms with Gasteiger partial charge in [0.2, 0.25) is 0 Å². The third-order valence-corrected chi connectivity index (χ3v) is 4.60. The van der Waals surface area contributed by atoms with Gasteiger partial charge in [0.15, 0.2) is 0 Å². The molecule has 0 aliphatic carbocycles. The predicted molar refractivity (Wildman–Crippen MR) is 85.7 cm³/mol. The van der Waals surface area contributed by atoms with Gasteiger partial charge in [0.05, 0.1) is 12.7 Å². The number of benzene rings is 1. The van der Waals surface area contributed by atoms with Crippen molar-refractivity contribution in [2.75, 3.05) is 7.11 Å². The average Bonchev–Trinajstić information content (AvgIpc) is 2.47. The van der Waals surface area contributed by atoms with E-state index in [9.17, 15) is 30.8 Å². The highest BCUT2D eigenvalue weighted by Gasteiger charge is 2.49. The summed E-state index contributed by atoms with van der Waals surface area (Å²) in [7, 11) is -4.96. The Labute approximate surface area is 149 Å². The zero-order valence-electron chi connectivity index (χ0n) is 14.7. The van der Waals surface area contributed by atoms with Crippen LogP contribution in [0.25, 0.3) is 0 Å². The molecule has 148 valence electrons. The number of carbonyl (C=O) groups is 1. The number of rotatable bonds is 7. The van der Waals surface area contributed by atoms with Crippen molar-refractivity contribution >= 4 is 16.1 Å². The molecule has 0 amide bonds. The van der Waals surface area contributed by atoms with Crippen LogP contribution >= 0.6 is 0 Å². The van der Waals surface area contributed by atoms with Crippen LogP contribution in [0.1, 0.15) is 49.5 Å². The van der Waals surface area contributed by atoms with Gasteiger partial charge in [-0.1, -0.05) is 27.2 Å². The molecule has 0 radical (unpaired) electrons. The molecule has 0 aromatic heterocycles. The summed E-state index contributed by atoms with van der Waals surface area (Å²) in [6.07, 6.45) is 1.48. The molecule has 1 rings (SSSR count). The third kappa shape index (κ3) is 5.33. The first-order valence-electron chi connectivity index (χ1n) is 7.65. The Hall–Kier alpha value is -1.84. The number of esters is 1. The molecule has 0 fully saturated rings. The number of ether oxygens (including phenoxy) is 1. The molecule has 0 N–H and O–H groups in total. The fourth-order valence-corrected chi connectivity index (χ4v) is 3.01. The Kier molecular flexibility index (Phi) is 6.67. The first-order chi connectivity index (χ1) is 11.7. The van der Waals surface area contributed by atoms with Crippen LogP contribution < -0.4 is 4.18 Å². The standard InChI is InChI=1S/C16H20F4O5S/c1-5-6-15(2,3)9-10-7-11(14(21)24-4)12(17)8-13(10)25-26(22,23)16(18,19)20/h7-8H,5-6,9H2,1-4H3. The molecule has 0 atom stereocenters. The molecule has 1 aromatic carbocycles. The Morgan fingerprint density at radius 3 is 2.23 bits per heavy atom. The van der Waals surface area contributed by atoms with E-state index >= 15 is 0 Å². The molecule has 0 heterocycles. The maximum Gasteiger partial charge on any atom is 0.534 e. The molecule has 0 spiro atoms. The van der Waals surface area contributed by atoms with Gasteiger partial charge in [-0.15, -0.1) is 0 Å². The van der Waals surface area contributed by atoms with E-state index in [0.29, 0.717) is 12.5 Å². The molecule has 1 aromatic rings. The summed E-state index contributed by atoms with van der Waals surface area (Å²) in [6, 6.07) is 1.41. The summed E-state index contributed by atoms with van der Waals surface area (Å²) in [6.45, 7) is 5.51. The SMILES string of the molecule is CCCC(C)(C)Cc1cc(C(=O)OC)c(F)cc1OS(=O)(=O)C(F)(F)F. The van der Waals surface area contributed by atoms with Crippen LogP contribution in [0.2, 0.25) is 0 Å². The highest BCUT2D eigenvalue weighted by molar-refractivity contribution is 7.88. The van der Waals surface area contributed by atoms with Crippen molar-refractivity contribution in [2.45, 2.75) is 45.5 Å². The maximum absolute atomic E-state index is 14.1. The van der Waals surface area contributed by atoms with Gasteiger partial charge in [-0.2, -0.15) is 21.6 Å². The number of methoxy groups -OCH3 is 1. The first kappa shape index (κ1) is 22.2. The van der Waals surface area contributed by atoms with E-state index < -0.39 is 44.1 Å². The number of halogens is 4. The smallest absolute Gasteiger partial charge is 0.465 e. The number of carbonyl (C=O) groups excluding carboxylic acids is 1. The third-order valence-electron chi connectivity index (χ3n) is 3.63. The molecule has 0 saturated heterocycles. The Balaban J connectivity index is 3.48. The van der Waals surface area contributed by atoms with Crippen molar-refractivity contribution in [3.8, 4) is 5.75 Å². The summed E-state index contributed by atoms with van der Waals surface area (Å²) in [5.41, 5.74) is -6.69. The van der Waals surface area contributed by atoms with E-state index in [-0.39, 0.29) is 12.0 Å². The van der Waals surface area contributed by atoms with Crippen molar-refractivity contribution in [3.05, 3.63) is 29.1 Å². The molecule has 0 bridgehead atoms. The minimum absolute atomic E-state index is 0.0434. The normalized spacial score (nSPS) is 12.8. The average molecular weight is 400 g/mol. The van der Waals surface area contributed by atoms with Gasteiger partial charge < -0.3 is 8.92 Å². The van der Waals surface area contributed by atoms with Gasteiger partial charge in [0, 0.05) is 6.07 Å². The fourth-order valence-electron chi connectivity index (χ4n) is 2.53. The van der Waals surface area contributed by atoms with Gasteiger partial charge in [-0.3, -0.25) is 0 Å². The molecular weight excluding hydrogens is 380 g/mol. The molecular formula is C16H20F4O5S. The van der Waals surface area contributed by atoms with Crippen molar-refractivity contribution < 1.29 is 39.7 Å². The van der Waals surface area contributed by atoms with Gasteiger partial charge >= 0.3 is 21.6 Å². The van der Waals surface area contributed by atoms with Crippen molar-refractivity contribution in [3.63, 3.8) is 0 Å². The summed E-state index contributed by atoms with van der Waals surface area (Å²) < 4.78 is 83.0. The van der Waals surface area contributed by atoms with E-state index in [1.807, 2.05) is 6.92 Å². The number of hydrogen-bond acceptors (Lipinski definition) is 5. The monoisotopic (exact) mass is 400 g/mol. The Bertz CT molecular complexity index is 770.